The standard InChI is InChI=1S/C18H22O6/c1-11-9-21-18(19)14(22-16-15(18)23-17(2,3)24-16)13(11)20-10-12-7-5-4-6-8-12/h4-8,13-16,19H,1,9-10H2,2-3H3/t13-,14-,15+,16-,18+/m1/s1. The molecule has 1 N–H and O–H groups in total. The summed E-state index contributed by atoms with van der Waals surface area (Å²) in [5.41, 5.74) is 1.76. The maximum atomic E-state index is 11.0. The van der Waals surface area contributed by atoms with Crippen molar-refractivity contribution in [2.45, 2.75) is 56.6 Å². The third-order valence-corrected chi connectivity index (χ3v) is 4.59. The van der Waals surface area contributed by atoms with Gasteiger partial charge in [0.25, 0.3) is 0 Å². The Balaban J connectivity index is 1.52. The van der Waals surface area contributed by atoms with E-state index in [1.165, 1.54) is 0 Å². The second-order valence-corrected chi connectivity index (χ2v) is 6.90. The third-order valence-electron chi connectivity index (χ3n) is 4.59. The molecule has 0 radical (unpaired) electrons. The number of benzene rings is 1. The molecule has 3 heterocycles. The van der Waals surface area contributed by atoms with Gasteiger partial charge in [-0.15, -0.1) is 0 Å². The largest absolute Gasteiger partial charge is 0.366 e. The van der Waals surface area contributed by atoms with Crippen LogP contribution >= 0.6 is 0 Å². The molecular weight excluding hydrogens is 312 g/mol. The fourth-order valence-corrected chi connectivity index (χ4v) is 3.44. The summed E-state index contributed by atoms with van der Waals surface area (Å²) in [7, 11) is 0. The molecule has 5 atom stereocenters. The van der Waals surface area contributed by atoms with Gasteiger partial charge in [0, 0.05) is 0 Å². The Morgan fingerprint density at radius 2 is 1.96 bits per heavy atom. The van der Waals surface area contributed by atoms with E-state index in [1.807, 2.05) is 30.3 Å². The summed E-state index contributed by atoms with van der Waals surface area (Å²) >= 11 is 0. The molecule has 24 heavy (non-hydrogen) atoms. The molecule has 0 aliphatic carbocycles. The van der Waals surface area contributed by atoms with E-state index in [2.05, 4.69) is 6.58 Å². The predicted octanol–water partition coefficient (Wildman–Crippen LogP) is 1.72. The smallest absolute Gasteiger partial charge is 0.228 e. The SMILES string of the molecule is C=C1CO[C@@]2(O)[C@H](O[C@@H]3OC(C)(C)O[C@@H]32)[C@@H]1OCc1ccccc1. The molecule has 4 rings (SSSR count). The van der Waals surface area contributed by atoms with E-state index in [1.54, 1.807) is 13.8 Å². The number of hydrogen-bond acceptors (Lipinski definition) is 6. The van der Waals surface area contributed by atoms with E-state index in [9.17, 15) is 5.11 Å². The van der Waals surface area contributed by atoms with Gasteiger partial charge in [0.1, 0.15) is 12.2 Å². The first-order valence-electron chi connectivity index (χ1n) is 8.10. The highest BCUT2D eigenvalue weighted by atomic mass is 16.9. The molecule has 130 valence electrons. The summed E-state index contributed by atoms with van der Waals surface area (Å²) in [5, 5.41) is 11.0. The van der Waals surface area contributed by atoms with E-state index < -0.39 is 36.2 Å². The summed E-state index contributed by atoms with van der Waals surface area (Å²) < 4.78 is 29.0. The lowest BCUT2D eigenvalue weighted by Crippen LogP contribution is -2.59. The Hall–Kier alpha value is -1.28. The van der Waals surface area contributed by atoms with Crippen LogP contribution in [0, 0.1) is 0 Å². The molecule has 0 bridgehead atoms. The van der Waals surface area contributed by atoms with E-state index in [0.29, 0.717) is 6.61 Å². The van der Waals surface area contributed by atoms with Gasteiger partial charge in [-0.3, -0.25) is 0 Å². The minimum absolute atomic E-state index is 0.183. The van der Waals surface area contributed by atoms with Crippen molar-refractivity contribution in [1.82, 2.24) is 0 Å². The number of fused-ring (bicyclic) bond motifs is 3. The molecule has 1 aromatic carbocycles. The van der Waals surface area contributed by atoms with Crippen LogP contribution in [0.2, 0.25) is 0 Å². The van der Waals surface area contributed by atoms with Crippen LogP contribution in [-0.2, 0) is 30.3 Å². The molecular formula is C18H22O6. The van der Waals surface area contributed by atoms with Crippen molar-refractivity contribution in [2.24, 2.45) is 0 Å². The lowest BCUT2D eigenvalue weighted by atomic mass is 9.93. The average Bonchev–Trinajstić information content (AvgIpc) is 2.99. The number of ether oxygens (including phenoxy) is 5. The zero-order valence-corrected chi connectivity index (χ0v) is 13.8. The fourth-order valence-electron chi connectivity index (χ4n) is 3.44. The molecule has 3 fully saturated rings. The van der Waals surface area contributed by atoms with Gasteiger partial charge >= 0.3 is 0 Å². The quantitative estimate of drug-likeness (QED) is 0.849. The second-order valence-electron chi connectivity index (χ2n) is 6.90. The summed E-state index contributed by atoms with van der Waals surface area (Å²) in [5.74, 6) is -2.44. The van der Waals surface area contributed by atoms with Gasteiger partial charge in [0.05, 0.1) is 13.2 Å². The Labute approximate surface area is 140 Å². The summed E-state index contributed by atoms with van der Waals surface area (Å²) in [6.45, 7) is 8.13. The lowest BCUT2D eigenvalue weighted by molar-refractivity contribution is -0.321. The molecule has 1 aromatic rings. The molecule has 6 nitrogen and oxygen atoms in total. The van der Waals surface area contributed by atoms with Crippen LogP contribution in [0.15, 0.2) is 42.5 Å². The van der Waals surface area contributed by atoms with Crippen molar-refractivity contribution < 1.29 is 28.8 Å². The van der Waals surface area contributed by atoms with E-state index in [-0.39, 0.29) is 6.61 Å². The van der Waals surface area contributed by atoms with Crippen molar-refractivity contribution >= 4 is 0 Å². The lowest BCUT2D eigenvalue weighted by Gasteiger charge is -2.41. The topological polar surface area (TPSA) is 66.4 Å². The van der Waals surface area contributed by atoms with Gasteiger partial charge < -0.3 is 28.8 Å². The Bertz CT molecular complexity index is 630. The van der Waals surface area contributed by atoms with Crippen LogP contribution in [0.4, 0.5) is 0 Å². The first-order chi connectivity index (χ1) is 11.4. The molecule has 0 unspecified atom stereocenters. The average molecular weight is 334 g/mol. The van der Waals surface area contributed by atoms with E-state index >= 15 is 0 Å². The van der Waals surface area contributed by atoms with Crippen molar-refractivity contribution in [3.8, 4) is 0 Å². The fraction of sp³-hybridized carbons (Fsp3) is 0.556. The Morgan fingerprint density at radius 3 is 2.71 bits per heavy atom. The van der Waals surface area contributed by atoms with Gasteiger partial charge in [-0.25, -0.2) is 0 Å². The summed E-state index contributed by atoms with van der Waals surface area (Å²) in [6, 6.07) is 9.82. The van der Waals surface area contributed by atoms with Gasteiger partial charge in [0.15, 0.2) is 18.2 Å². The van der Waals surface area contributed by atoms with Crippen LogP contribution in [-0.4, -0.2) is 47.9 Å². The van der Waals surface area contributed by atoms with E-state index in [0.717, 1.165) is 11.1 Å². The second kappa shape index (κ2) is 5.62. The number of hydrogen-bond donors (Lipinski definition) is 1. The molecule has 0 saturated carbocycles. The highest BCUT2D eigenvalue weighted by molar-refractivity contribution is 5.19. The third kappa shape index (κ3) is 2.60. The maximum Gasteiger partial charge on any atom is 0.228 e. The summed E-state index contributed by atoms with van der Waals surface area (Å²) in [6.07, 6.45) is -2.64. The zero-order valence-electron chi connectivity index (χ0n) is 13.8. The maximum absolute atomic E-state index is 11.0. The molecule has 0 aromatic heterocycles. The van der Waals surface area contributed by atoms with Crippen molar-refractivity contribution in [2.75, 3.05) is 6.61 Å². The van der Waals surface area contributed by atoms with Gasteiger partial charge in [-0.1, -0.05) is 36.9 Å². The van der Waals surface area contributed by atoms with Crippen LogP contribution in [0.5, 0.6) is 0 Å². The van der Waals surface area contributed by atoms with Crippen molar-refractivity contribution in [1.29, 1.82) is 0 Å². The molecule has 6 heteroatoms. The highest BCUT2D eigenvalue weighted by Gasteiger charge is 2.68. The zero-order chi connectivity index (χ0) is 16.9. The van der Waals surface area contributed by atoms with Crippen molar-refractivity contribution in [3.05, 3.63) is 48.0 Å². The van der Waals surface area contributed by atoms with Crippen LogP contribution in [0.3, 0.4) is 0 Å². The van der Waals surface area contributed by atoms with Gasteiger partial charge in [-0.2, -0.15) is 0 Å². The molecule has 3 aliphatic heterocycles. The van der Waals surface area contributed by atoms with E-state index in [4.69, 9.17) is 23.7 Å². The number of rotatable bonds is 3. The Kier molecular flexibility index (Phi) is 3.80. The molecule has 0 spiro atoms. The molecule has 3 aliphatic rings. The molecule has 3 saturated heterocycles. The highest BCUT2D eigenvalue weighted by Crippen LogP contribution is 2.47. The number of aliphatic hydroxyl groups is 1. The summed E-state index contributed by atoms with van der Waals surface area (Å²) in [4.78, 5) is 0. The van der Waals surface area contributed by atoms with Crippen LogP contribution in [0.1, 0.15) is 19.4 Å². The normalized spacial score (nSPS) is 40.4. The minimum Gasteiger partial charge on any atom is -0.366 e. The van der Waals surface area contributed by atoms with Crippen LogP contribution < -0.4 is 0 Å². The minimum atomic E-state index is -1.61. The van der Waals surface area contributed by atoms with Gasteiger partial charge in [0.2, 0.25) is 5.79 Å². The Morgan fingerprint density at radius 1 is 1.21 bits per heavy atom. The van der Waals surface area contributed by atoms with Gasteiger partial charge in [-0.05, 0) is 25.0 Å². The first-order valence-corrected chi connectivity index (χ1v) is 8.10. The monoisotopic (exact) mass is 334 g/mol. The predicted molar refractivity (Wildman–Crippen MR) is 83.8 cm³/mol. The molecule has 0 amide bonds. The first kappa shape index (κ1) is 16.2. The van der Waals surface area contributed by atoms with Crippen molar-refractivity contribution in [3.63, 3.8) is 0 Å². The van der Waals surface area contributed by atoms with Crippen LogP contribution in [0.25, 0.3) is 0 Å².